The number of ether oxygens (including phenoxy) is 1. The summed E-state index contributed by atoms with van der Waals surface area (Å²) in [5.74, 6) is -0.102. The molecule has 20 heavy (non-hydrogen) atoms. The smallest absolute Gasteiger partial charge is 0.165 e. The van der Waals surface area contributed by atoms with Crippen molar-refractivity contribution in [3.63, 3.8) is 0 Å². The van der Waals surface area contributed by atoms with Gasteiger partial charge in [0, 0.05) is 11.9 Å². The highest BCUT2D eigenvalue weighted by molar-refractivity contribution is 5.81. The molecule has 4 heteroatoms. The Balaban J connectivity index is 1.90. The Bertz CT molecular complexity index is 736. The van der Waals surface area contributed by atoms with Crippen molar-refractivity contribution >= 4 is 10.9 Å². The van der Waals surface area contributed by atoms with Crippen LogP contribution in [0.5, 0.6) is 5.75 Å². The average Bonchev–Trinajstić information content (AvgIpc) is 2.85. The van der Waals surface area contributed by atoms with Gasteiger partial charge in [0.2, 0.25) is 0 Å². The van der Waals surface area contributed by atoms with Crippen molar-refractivity contribution in [2.75, 3.05) is 0 Å². The van der Waals surface area contributed by atoms with E-state index in [4.69, 9.17) is 4.74 Å². The number of fused-ring (bicyclic) bond motifs is 1. The molecule has 0 atom stereocenters. The van der Waals surface area contributed by atoms with E-state index in [2.05, 4.69) is 5.10 Å². The van der Waals surface area contributed by atoms with Crippen LogP contribution in [0.2, 0.25) is 0 Å². The second-order valence-corrected chi connectivity index (χ2v) is 4.50. The predicted octanol–water partition coefficient (Wildman–Crippen LogP) is 3.77. The minimum atomic E-state index is -0.355. The number of halogens is 1. The molecule has 0 bridgehead atoms. The van der Waals surface area contributed by atoms with Crippen molar-refractivity contribution in [2.45, 2.75) is 20.1 Å². The summed E-state index contributed by atoms with van der Waals surface area (Å²) in [6, 6.07) is 14.4. The number of nitrogens with zero attached hydrogens (tertiary/aromatic N) is 2. The van der Waals surface area contributed by atoms with Gasteiger partial charge in [-0.05, 0) is 25.1 Å². The summed E-state index contributed by atoms with van der Waals surface area (Å²) in [5, 5.41) is 5.57. The molecule has 0 saturated carbocycles. The van der Waals surface area contributed by atoms with Crippen molar-refractivity contribution in [3.8, 4) is 5.75 Å². The maximum absolute atomic E-state index is 13.5. The van der Waals surface area contributed by atoms with E-state index in [1.165, 1.54) is 6.07 Å². The molecule has 3 nitrogen and oxygen atoms in total. The number of aromatic nitrogens is 2. The van der Waals surface area contributed by atoms with Crippen LogP contribution in [0.4, 0.5) is 4.39 Å². The zero-order valence-corrected chi connectivity index (χ0v) is 11.2. The monoisotopic (exact) mass is 270 g/mol. The summed E-state index contributed by atoms with van der Waals surface area (Å²) in [4.78, 5) is 0. The summed E-state index contributed by atoms with van der Waals surface area (Å²) in [7, 11) is 0. The van der Waals surface area contributed by atoms with Crippen molar-refractivity contribution in [1.29, 1.82) is 0 Å². The fraction of sp³-hybridized carbons (Fsp3) is 0.188. The highest BCUT2D eigenvalue weighted by Gasteiger charge is 2.10. The van der Waals surface area contributed by atoms with Gasteiger partial charge in [-0.15, -0.1) is 0 Å². The maximum Gasteiger partial charge on any atom is 0.165 e. The van der Waals surface area contributed by atoms with Gasteiger partial charge in [-0.1, -0.05) is 30.3 Å². The molecule has 0 saturated heterocycles. The Morgan fingerprint density at radius 1 is 1.10 bits per heavy atom. The van der Waals surface area contributed by atoms with Crippen LogP contribution in [0, 0.1) is 5.82 Å². The largest absolute Gasteiger partial charge is 0.484 e. The van der Waals surface area contributed by atoms with Gasteiger partial charge in [-0.3, -0.25) is 4.68 Å². The van der Waals surface area contributed by atoms with Crippen molar-refractivity contribution in [2.24, 2.45) is 0 Å². The summed E-state index contributed by atoms with van der Waals surface area (Å²) in [6.07, 6.45) is 0. The zero-order chi connectivity index (χ0) is 13.9. The van der Waals surface area contributed by atoms with Crippen LogP contribution in [0.3, 0.4) is 0 Å². The van der Waals surface area contributed by atoms with Gasteiger partial charge >= 0.3 is 0 Å². The Kier molecular flexibility index (Phi) is 3.37. The van der Waals surface area contributed by atoms with Crippen LogP contribution in [0.15, 0.2) is 48.5 Å². The third-order valence-electron chi connectivity index (χ3n) is 3.24. The van der Waals surface area contributed by atoms with Gasteiger partial charge < -0.3 is 4.74 Å². The second kappa shape index (κ2) is 5.33. The van der Waals surface area contributed by atoms with Crippen LogP contribution in [0.25, 0.3) is 10.9 Å². The van der Waals surface area contributed by atoms with E-state index < -0.39 is 0 Å². The molecule has 102 valence electrons. The molecule has 0 fully saturated rings. The lowest BCUT2D eigenvalue weighted by Gasteiger charge is -2.05. The summed E-state index contributed by atoms with van der Waals surface area (Å²) >= 11 is 0. The normalized spacial score (nSPS) is 10.9. The Morgan fingerprint density at radius 2 is 1.85 bits per heavy atom. The lowest BCUT2D eigenvalue weighted by Crippen LogP contribution is -2.01. The van der Waals surface area contributed by atoms with E-state index in [0.29, 0.717) is 0 Å². The minimum absolute atomic E-state index is 0.252. The Labute approximate surface area is 116 Å². The standard InChI is InChI=1S/C16H15FN2O/c1-2-19-15-9-5-3-7-12(15)14(18-19)11-20-16-10-6-4-8-13(16)17/h3-10H,2,11H2,1H3. The first-order valence-electron chi connectivity index (χ1n) is 6.61. The maximum atomic E-state index is 13.5. The third-order valence-corrected chi connectivity index (χ3v) is 3.24. The van der Waals surface area contributed by atoms with Gasteiger partial charge in [0.1, 0.15) is 12.3 Å². The van der Waals surface area contributed by atoms with Crippen LogP contribution in [0.1, 0.15) is 12.6 Å². The van der Waals surface area contributed by atoms with Gasteiger partial charge in [0.15, 0.2) is 11.6 Å². The molecule has 1 heterocycles. The van der Waals surface area contributed by atoms with Crippen LogP contribution < -0.4 is 4.74 Å². The van der Waals surface area contributed by atoms with Gasteiger partial charge in [-0.2, -0.15) is 5.10 Å². The highest BCUT2D eigenvalue weighted by Crippen LogP contribution is 2.21. The van der Waals surface area contributed by atoms with Crippen LogP contribution >= 0.6 is 0 Å². The van der Waals surface area contributed by atoms with E-state index in [-0.39, 0.29) is 18.2 Å². The molecule has 0 spiro atoms. The fourth-order valence-corrected chi connectivity index (χ4v) is 2.25. The molecule has 0 radical (unpaired) electrons. The third kappa shape index (κ3) is 2.25. The molecular weight excluding hydrogens is 255 g/mol. The van der Waals surface area contributed by atoms with E-state index in [0.717, 1.165) is 23.1 Å². The first-order chi connectivity index (χ1) is 9.79. The number of hydrogen-bond acceptors (Lipinski definition) is 2. The van der Waals surface area contributed by atoms with Gasteiger partial charge in [0.25, 0.3) is 0 Å². The molecule has 3 aromatic rings. The molecule has 0 unspecified atom stereocenters. The molecule has 0 aliphatic carbocycles. The van der Waals surface area contributed by atoms with Crippen molar-refractivity contribution in [1.82, 2.24) is 9.78 Å². The number of aryl methyl sites for hydroxylation is 1. The Morgan fingerprint density at radius 3 is 2.65 bits per heavy atom. The van der Waals surface area contributed by atoms with Gasteiger partial charge in [-0.25, -0.2) is 4.39 Å². The summed E-state index contributed by atoms with van der Waals surface area (Å²) in [6.45, 7) is 3.09. The zero-order valence-electron chi connectivity index (χ0n) is 11.2. The SMILES string of the molecule is CCn1nc(COc2ccccc2F)c2ccccc21. The van der Waals surface area contributed by atoms with E-state index in [1.54, 1.807) is 18.2 Å². The lowest BCUT2D eigenvalue weighted by molar-refractivity contribution is 0.285. The topological polar surface area (TPSA) is 27.1 Å². The Hall–Kier alpha value is -2.36. The number of hydrogen-bond donors (Lipinski definition) is 0. The molecule has 0 aliphatic rings. The van der Waals surface area contributed by atoms with Crippen molar-refractivity contribution in [3.05, 3.63) is 60.0 Å². The molecule has 2 aromatic carbocycles. The first kappa shape index (κ1) is 12.7. The predicted molar refractivity (Wildman–Crippen MR) is 76.1 cm³/mol. The fourth-order valence-electron chi connectivity index (χ4n) is 2.25. The van der Waals surface area contributed by atoms with E-state index >= 15 is 0 Å². The molecule has 3 rings (SSSR count). The summed E-state index contributed by atoms with van der Waals surface area (Å²) in [5.41, 5.74) is 1.90. The lowest BCUT2D eigenvalue weighted by atomic mass is 10.2. The molecule has 0 aliphatic heterocycles. The minimum Gasteiger partial charge on any atom is -0.484 e. The molecule has 0 amide bonds. The first-order valence-corrected chi connectivity index (χ1v) is 6.61. The highest BCUT2D eigenvalue weighted by atomic mass is 19.1. The quantitative estimate of drug-likeness (QED) is 0.721. The number of benzene rings is 2. The second-order valence-electron chi connectivity index (χ2n) is 4.50. The average molecular weight is 270 g/mol. The molecule has 1 aromatic heterocycles. The van der Waals surface area contributed by atoms with Crippen LogP contribution in [-0.2, 0) is 13.2 Å². The van der Waals surface area contributed by atoms with Gasteiger partial charge in [0.05, 0.1) is 5.52 Å². The van der Waals surface area contributed by atoms with Crippen molar-refractivity contribution < 1.29 is 9.13 Å². The van der Waals surface area contributed by atoms with E-state index in [1.807, 2.05) is 35.9 Å². The summed E-state index contributed by atoms with van der Waals surface area (Å²) < 4.78 is 21.0. The van der Waals surface area contributed by atoms with E-state index in [9.17, 15) is 4.39 Å². The molecule has 0 N–H and O–H groups in total. The molecular formula is C16H15FN2O. The van der Waals surface area contributed by atoms with Crippen LogP contribution in [-0.4, -0.2) is 9.78 Å². The number of rotatable bonds is 4. The number of para-hydroxylation sites is 2.